The third kappa shape index (κ3) is 3.49. The summed E-state index contributed by atoms with van der Waals surface area (Å²) in [5, 5.41) is 4.28. The SMILES string of the molecule is COC[C@H](C)Nc1nc(-c2ccc(OC)cc2)c(C)s1. The van der Waals surface area contributed by atoms with Gasteiger partial charge >= 0.3 is 0 Å². The number of aromatic nitrogens is 1. The molecule has 0 spiro atoms. The molecule has 1 aromatic heterocycles. The fourth-order valence-electron chi connectivity index (χ4n) is 1.98. The van der Waals surface area contributed by atoms with Crippen LogP contribution in [0.3, 0.4) is 0 Å². The molecule has 4 nitrogen and oxygen atoms in total. The lowest BCUT2D eigenvalue weighted by Gasteiger charge is -2.10. The zero-order chi connectivity index (χ0) is 14.5. The minimum atomic E-state index is 0.245. The Bertz CT molecular complexity index is 552. The number of methoxy groups -OCH3 is 2. The predicted octanol–water partition coefficient (Wildman–Crippen LogP) is 3.57. The van der Waals surface area contributed by atoms with E-state index in [-0.39, 0.29) is 6.04 Å². The van der Waals surface area contributed by atoms with Crippen LogP contribution in [-0.4, -0.2) is 31.9 Å². The van der Waals surface area contributed by atoms with Crippen molar-refractivity contribution in [3.05, 3.63) is 29.1 Å². The highest BCUT2D eigenvalue weighted by Crippen LogP contribution is 2.31. The number of aryl methyl sites for hydroxylation is 1. The monoisotopic (exact) mass is 292 g/mol. The molecule has 0 aliphatic heterocycles. The Morgan fingerprint density at radius 1 is 1.25 bits per heavy atom. The molecule has 20 heavy (non-hydrogen) atoms. The topological polar surface area (TPSA) is 43.4 Å². The number of ether oxygens (including phenoxy) is 2. The van der Waals surface area contributed by atoms with Gasteiger partial charge in [-0.1, -0.05) is 0 Å². The number of anilines is 1. The molecule has 1 atom stereocenters. The molecule has 0 aliphatic rings. The van der Waals surface area contributed by atoms with Crippen molar-refractivity contribution in [2.24, 2.45) is 0 Å². The molecule has 2 aromatic rings. The van der Waals surface area contributed by atoms with Gasteiger partial charge < -0.3 is 14.8 Å². The largest absolute Gasteiger partial charge is 0.497 e. The van der Waals surface area contributed by atoms with E-state index in [0.29, 0.717) is 6.61 Å². The third-order valence-electron chi connectivity index (χ3n) is 2.95. The minimum Gasteiger partial charge on any atom is -0.497 e. The first kappa shape index (κ1) is 14.8. The molecule has 0 bridgehead atoms. The van der Waals surface area contributed by atoms with Crippen LogP contribution in [0.5, 0.6) is 5.75 Å². The van der Waals surface area contributed by atoms with Crippen molar-refractivity contribution >= 4 is 16.5 Å². The van der Waals surface area contributed by atoms with E-state index in [1.165, 1.54) is 4.88 Å². The standard InChI is InChI=1S/C15H20N2O2S/c1-10(9-18-3)16-15-17-14(11(2)20-15)12-5-7-13(19-4)8-6-12/h5-8,10H,9H2,1-4H3,(H,16,17)/t10-/m0/s1. The number of benzene rings is 1. The average Bonchev–Trinajstić information content (AvgIpc) is 2.80. The molecular weight excluding hydrogens is 272 g/mol. The third-order valence-corrected chi connectivity index (χ3v) is 3.85. The van der Waals surface area contributed by atoms with Crippen LogP contribution in [0.1, 0.15) is 11.8 Å². The van der Waals surface area contributed by atoms with E-state index in [1.54, 1.807) is 25.6 Å². The van der Waals surface area contributed by atoms with Gasteiger partial charge in [0.2, 0.25) is 0 Å². The van der Waals surface area contributed by atoms with Crippen LogP contribution in [0.25, 0.3) is 11.3 Å². The summed E-state index contributed by atoms with van der Waals surface area (Å²) in [6.07, 6.45) is 0. The van der Waals surface area contributed by atoms with Gasteiger partial charge in [-0.05, 0) is 38.1 Å². The number of nitrogens with zero attached hydrogens (tertiary/aromatic N) is 1. The molecule has 0 saturated carbocycles. The minimum absolute atomic E-state index is 0.245. The Kier molecular flexibility index (Phi) is 4.98. The Morgan fingerprint density at radius 2 is 1.95 bits per heavy atom. The summed E-state index contributed by atoms with van der Waals surface area (Å²) in [6, 6.07) is 8.21. The second kappa shape index (κ2) is 6.72. The Hall–Kier alpha value is -1.59. The number of hydrogen-bond donors (Lipinski definition) is 1. The van der Waals surface area contributed by atoms with Crippen LogP contribution >= 0.6 is 11.3 Å². The Labute approximate surface area is 123 Å². The maximum absolute atomic E-state index is 5.18. The van der Waals surface area contributed by atoms with Crippen molar-refractivity contribution in [1.82, 2.24) is 4.98 Å². The molecule has 0 saturated heterocycles. The zero-order valence-electron chi connectivity index (χ0n) is 12.3. The lowest BCUT2D eigenvalue weighted by Crippen LogP contribution is -2.20. The lowest BCUT2D eigenvalue weighted by atomic mass is 10.1. The van der Waals surface area contributed by atoms with Crippen LogP contribution in [-0.2, 0) is 4.74 Å². The van der Waals surface area contributed by atoms with Crippen molar-refractivity contribution < 1.29 is 9.47 Å². The first-order valence-electron chi connectivity index (χ1n) is 6.51. The molecule has 0 radical (unpaired) electrons. The van der Waals surface area contributed by atoms with Gasteiger partial charge in [-0.15, -0.1) is 11.3 Å². The quantitative estimate of drug-likeness (QED) is 0.884. The molecule has 1 N–H and O–H groups in total. The van der Waals surface area contributed by atoms with Crippen molar-refractivity contribution in [2.45, 2.75) is 19.9 Å². The Morgan fingerprint density at radius 3 is 2.55 bits per heavy atom. The van der Waals surface area contributed by atoms with E-state index in [1.807, 2.05) is 24.3 Å². The fraction of sp³-hybridized carbons (Fsp3) is 0.400. The van der Waals surface area contributed by atoms with Crippen molar-refractivity contribution in [1.29, 1.82) is 0 Å². The van der Waals surface area contributed by atoms with Crippen molar-refractivity contribution in [3.8, 4) is 17.0 Å². The Balaban J connectivity index is 2.17. The second-order valence-corrected chi connectivity index (χ2v) is 5.86. The molecule has 0 fully saturated rings. The molecule has 1 heterocycles. The van der Waals surface area contributed by atoms with E-state index in [0.717, 1.165) is 22.1 Å². The zero-order valence-corrected chi connectivity index (χ0v) is 13.1. The summed E-state index contributed by atoms with van der Waals surface area (Å²) in [6.45, 7) is 4.83. The first-order chi connectivity index (χ1) is 9.63. The predicted molar refractivity (Wildman–Crippen MR) is 83.8 cm³/mol. The van der Waals surface area contributed by atoms with E-state index >= 15 is 0 Å². The van der Waals surface area contributed by atoms with Gasteiger partial charge in [0.15, 0.2) is 5.13 Å². The van der Waals surface area contributed by atoms with Gasteiger partial charge in [0.1, 0.15) is 5.75 Å². The van der Waals surface area contributed by atoms with Crippen LogP contribution in [0.2, 0.25) is 0 Å². The van der Waals surface area contributed by atoms with Gasteiger partial charge in [-0.25, -0.2) is 4.98 Å². The second-order valence-electron chi connectivity index (χ2n) is 4.65. The molecule has 0 unspecified atom stereocenters. The lowest BCUT2D eigenvalue weighted by molar-refractivity contribution is 0.190. The van der Waals surface area contributed by atoms with E-state index in [4.69, 9.17) is 9.47 Å². The number of thiazole rings is 1. The molecule has 5 heteroatoms. The van der Waals surface area contributed by atoms with Gasteiger partial charge in [0.05, 0.1) is 19.4 Å². The van der Waals surface area contributed by atoms with Gasteiger partial charge in [-0.3, -0.25) is 0 Å². The summed E-state index contributed by atoms with van der Waals surface area (Å²) in [5.41, 5.74) is 2.12. The highest BCUT2D eigenvalue weighted by molar-refractivity contribution is 7.16. The maximum Gasteiger partial charge on any atom is 0.183 e. The normalized spacial score (nSPS) is 12.2. The van der Waals surface area contributed by atoms with Gasteiger partial charge in [-0.2, -0.15) is 0 Å². The molecule has 2 rings (SSSR count). The molecule has 1 aromatic carbocycles. The van der Waals surface area contributed by atoms with Crippen LogP contribution in [0.15, 0.2) is 24.3 Å². The summed E-state index contributed by atoms with van der Waals surface area (Å²) in [4.78, 5) is 5.87. The van der Waals surface area contributed by atoms with Crippen molar-refractivity contribution in [2.75, 3.05) is 26.1 Å². The fourth-order valence-corrected chi connectivity index (χ4v) is 2.92. The number of hydrogen-bond acceptors (Lipinski definition) is 5. The number of nitrogens with one attached hydrogen (secondary N) is 1. The summed E-state index contributed by atoms with van der Waals surface area (Å²) < 4.78 is 10.3. The highest BCUT2D eigenvalue weighted by atomic mass is 32.1. The first-order valence-corrected chi connectivity index (χ1v) is 7.33. The van der Waals surface area contributed by atoms with Gasteiger partial charge in [0.25, 0.3) is 0 Å². The van der Waals surface area contributed by atoms with E-state index in [2.05, 4.69) is 24.1 Å². The van der Waals surface area contributed by atoms with Gasteiger partial charge in [0, 0.05) is 23.6 Å². The maximum atomic E-state index is 5.18. The molecule has 0 aliphatic carbocycles. The molecule has 108 valence electrons. The highest BCUT2D eigenvalue weighted by Gasteiger charge is 2.11. The van der Waals surface area contributed by atoms with Crippen LogP contribution < -0.4 is 10.1 Å². The van der Waals surface area contributed by atoms with Crippen LogP contribution in [0, 0.1) is 6.92 Å². The van der Waals surface area contributed by atoms with Crippen LogP contribution in [0.4, 0.5) is 5.13 Å². The average molecular weight is 292 g/mol. The molecule has 0 amide bonds. The van der Waals surface area contributed by atoms with E-state index < -0.39 is 0 Å². The summed E-state index contributed by atoms with van der Waals surface area (Å²) >= 11 is 1.66. The van der Waals surface area contributed by atoms with Crippen molar-refractivity contribution in [3.63, 3.8) is 0 Å². The summed E-state index contributed by atoms with van der Waals surface area (Å²) in [5.74, 6) is 0.855. The summed E-state index contributed by atoms with van der Waals surface area (Å²) in [7, 11) is 3.37. The van der Waals surface area contributed by atoms with E-state index in [9.17, 15) is 0 Å². The molecular formula is C15H20N2O2S. The number of rotatable bonds is 6. The smallest absolute Gasteiger partial charge is 0.183 e.